The number of aryl methyl sites for hydroxylation is 1. The molecule has 1 amide bonds. The lowest BCUT2D eigenvalue weighted by Crippen LogP contribution is -2.06. The van der Waals surface area contributed by atoms with Crippen molar-refractivity contribution in [2.75, 3.05) is 10.6 Å². The lowest BCUT2D eigenvalue weighted by Gasteiger charge is -2.12. The van der Waals surface area contributed by atoms with E-state index in [0.29, 0.717) is 12.1 Å². The van der Waals surface area contributed by atoms with E-state index in [9.17, 15) is 4.79 Å². The van der Waals surface area contributed by atoms with Crippen molar-refractivity contribution in [2.24, 2.45) is 0 Å². The summed E-state index contributed by atoms with van der Waals surface area (Å²) in [5, 5.41) is 6.51. The Kier molecular flexibility index (Phi) is 4.99. The highest BCUT2D eigenvalue weighted by Crippen LogP contribution is 2.40. The van der Waals surface area contributed by atoms with Crippen LogP contribution in [0.2, 0.25) is 0 Å². The third-order valence-corrected chi connectivity index (χ3v) is 6.85. The Morgan fingerprint density at radius 2 is 1.93 bits per heavy atom. The maximum atomic E-state index is 12.8. The van der Waals surface area contributed by atoms with Gasteiger partial charge in [0.05, 0.1) is 5.57 Å². The van der Waals surface area contributed by atoms with E-state index in [4.69, 9.17) is 4.42 Å². The number of amides is 1. The monoisotopic (exact) mass is 462 g/mol. The Morgan fingerprint density at radius 1 is 1.13 bits per heavy atom. The van der Waals surface area contributed by atoms with Gasteiger partial charge in [-0.25, -0.2) is 0 Å². The molecular formula is C25H23BrN2O2. The molecule has 0 atom stereocenters. The van der Waals surface area contributed by atoms with E-state index < -0.39 is 0 Å². The second-order valence-electron chi connectivity index (χ2n) is 7.88. The van der Waals surface area contributed by atoms with Gasteiger partial charge in [0.2, 0.25) is 0 Å². The Balaban J connectivity index is 1.57. The van der Waals surface area contributed by atoms with Crippen molar-refractivity contribution in [1.82, 2.24) is 0 Å². The predicted molar refractivity (Wildman–Crippen MR) is 124 cm³/mol. The quantitative estimate of drug-likeness (QED) is 0.445. The molecule has 2 aromatic carbocycles. The Bertz CT molecular complexity index is 1160. The van der Waals surface area contributed by atoms with Crippen LogP contribution in [0.25, 0.3) is 11.6 Å². The zero-order valence-electron chi connectivity index (χ0n) is 16.8. The molecule has 0 bridgehead atoms. The first-order valence-corrected chi connectivity index (χ1v) is 11.2. The van der Waals surface area contributed by atoms with Gasteiger partial charge in [0.1, 0.15) is 11.5 Å². The van der Waals surface area contributed by atoms with Crippen LogP contribution in [-0.4, -0.2) is 5.91 Å². The second kappa shape index (κ2) is 7.80. The zero-order chi connectivity index (χ0) is 20.7. The van der Waals surface area contributed by atoms with Gasteiger partial charge >= 0.3 is 0 Å². The smallest absolute Gasteiger partial charge is 0.256 e. The predicted octanol–water partition coefficient (Wildman–Crippen LogP) is 6.33. The molecular weight excluding hydrogens is 440 g/mol. The molecule has 0 fully saturated rings. The van der Waals surface area contributed by atoms with Crippen molar-refractivity contribution in [3.05, 3.63) is 80.7 Å². The highest BCUT2D eigenvalue weighted by molar-refractivity contribution is 9.10. The number of anilines is 2. The average Bonchev–Trinajstić information content (AvgIpc) is 3.27. The van der Waals surface area contributed by atoms with E-state index in [1.54, 1.807) is 0 Å². The summed E-state index contributed by atoms with van der Waals surface area (Å²) in [4.78, 5) is 12.8. The number of furan rings is 1. The molecule has 0 radical (unpaired) electrons. The minimum Gasteiger partial charge on any atom is -0.461 e. The summed E-state index contributed by atoms with van der Waals surface area (Å²) in [6.45, 7) is 2.70. The van der Waals surface area contributed by atoms with Crippen LogP contribution in [0.4, 0.5) is 11.4 Å². The maximum absolute atomic E-state index is 12.8. The number of hydrogen-bond donors (Lipinski definition) is 2. The fourth-order valence-electron chi connectivity index (χ4n) is 4.42. The van der Waals surface area contributed by atoms with Crippen molar-refractivity contribution < 1.29 is 9.21 Å². The fourth-order valence-corrected chi connectivity index (χ4v) is 4.75. The van der Waals surface area contributed by atoms with Crippen LogP contribution in [0.1, 0.15) is 46.6 Å². The third-order valence-electron chi connectivity index (χ3n) is 5.99. The van der Waals surface area contributed by atoms with Crippen LogP contribution >= 0.6 is 15.9 Å². The SMILES string of the molecule is Cc1c(Br)ccc2c1C(=Cc1oc3c(c1CNc1ccccc1)CCCC3)C(=O)N2. The van der Waals surface area contributed by atoms with E-state index in [1.807, 2.05) is 43.3 Å². The van der Waals surface area contributed by atoms with Crippen LogP contribution < -0.4 is 10.6 Å². The summed E-state index contributed by atoms with van der Waals surface area (Å²) in [7, 11) is 0. The van der Waals surface area contributed by atoms with E-state index in [2.05, 4.69) is 38.7 Å². The van der Waals surface area contributed by atoms with Gasteiger partial charge in [0.15, 0.2) is 0 Å². The van der Waals surface area contributed by atoms with Crippen LogP contribution in [0.3, 0.4) is 0 Å². The molecule has 1 aliphatic heterocycles. The summed E-state index contributed by atoms with van der Waals surface area (Å²) >= 11 is 3.59. The molecule has 5 heteroatoms. The second-order valence-corrected chi connectivity index (χ2v) is 8.73. The van der Waals surface area contributed by atoms with E-state index in [-0.39, 0.29) is 5.91 Å². The van der Waals surface area contributed by atoms with Gasteiger partial charge in [0, 0.05) is 39.9 Å². The van der Waals surface area contributed by atoms with Crippen LogP contribution in [0.15, 0.2) is 51.4 Å². The number of rotatable bonds is 4. The van der Waals surface area contributed by atoms with Gasteiger partial charge < -0.3 is 15.1 Å². The zero-order valence-corrected chi connectivity index (χ0v) is 18.4. The van der Waals surface area contributed by atoms with Gasteiger partial charge in [-0.1, -0.05) is 34.1 Å². The number of carbonyl (C=O) groups excluding carboxylic acids is 1. The highest BCUT2D eigenvalue weighted by Gasteiger charge is 2.29. The largest absolute Gasteiger partial charge is 0.461 e. The Labute approximate surface area is 184 Å². The topological polar surface area (TPSA) is 54.3 Å². The molecule has 2 heterocycles. The van der Waals surface area contributed by atoms with Gasteiger partial charge in [0.25, 0.3) is 5.91 Å². The van der Waals surface area contributed by atoms with E-state index in [0.717, 1.165) is 63.3 Å². The molecule has 1 aromatic heterocycles. The number of para-hydroxylation sites is 1. The van der Waals surface area contributed by atoms with E-state index >= 15 is 0 Å². The normalized spacial score (nSPS) is 16.3. The first-order valence-electron chi connectivity index (χ1n) is 10.4. The minimum absolute atomic E-state index is 0.0810. The molecule has 3 aromatic rings. The molecule has 1 aliphatic carbocycles. The molecule has 2 aliphatic rings. The van der Waals surface area contributed by atoms with Gasteiger partial charge in [-0.2, -0.15) is 0 Å². The van der Waals surface area contributed by atoms with Gasteiger partial charge in [-0.05, 0) is 67.7 Å². The molecule has 0 unspecified atom stereocenters. The van der Waals surface area contributed by atoms with Crippen molar-refractivity contribution >= 4 is 44.9 Å². The van der Waals surface area contributed by atoms with Crippen LogP contribution in [0, 0.1) is 6.92 Å². The first kappa shape index (κ1) is 19.2. The summed E-state index contributed by atoms with van der Waals surface area (Å²) in [5.41, 5.74) is 7.06. The number of fused-ring (bicyclic) bond motifs is 2. The van der Waals surface area contributed by atoms with Gasteiger partial charge in [-0.3, -0.25) is 4.79 Å². The van der Waals surface area contributed by atoms with Crippen molar-refractivity contribution in [3.63, 3.8) is 0 Å². The van der Waals surface area contributed by atoms with E-state index in [1.165, 1.54) is 12.0 Å². The molecule has 5 rings (SSSR count). The molecule has 30 heavy (non-hydrogen) atoms. The van der Waals surface area contributed by atoms with Gasteiger partial charge in [-0.15, -0.1) is 0 Å². The average molecular weight is 463 g/mol. The lowest BCUT2D eigenvalue weighted by molar-refractivity contribution is -0.110. The summed E-state index contributed by atoms with van der Waals surface area (Å²) in [6.07, 6.45) is 6.25. The Hall–Kier alpha value is -2.79. The summed E-state index contributed by atoms with van der Waals surface area (Å²) in [6, 6.07) is 14.1. The Morgan fingerprint density at radius 3 is 2.77 bits per heavy atom. The first-order chi connectivity index (χ1) is 14.6. The lowest BCUT2D eigenvalue weighted by atomic mass is 9.93. The van der Waals surface area contributed by atoms with Crippen LogP contribution in [0.5, 0.6) is 0 Å². The maximum Gasteiger partial charge on any atom is 0.256 e. The molecule has 0 saturated carbocycles. The highest BCUT2D eigenvalue weighted by atomic mass is 79.9. The number of benzene rings is 2. The van der Waals surface area contributed by atoms with Crippen molar-refractivity contribution in [3.8, 4) is 0 Å². The van der Waals surface area contributed by atoms with Crippen molar-refractivity contribution in [1.29, 1.82) is 0 Å². The summed E-state index contributed by atoms with van der Waals surface area (Å²) in [5.74, 6) is 1.79. The number of carbonyl (C=O) groups is 1. The minimum atomic E-state index is -0.0810. The van der Waals surface area contributed by atoms with Crippen molar-refractivity contribution in [2.45, 2.75) is 39.2 Å². The standard InChI is InChI=1S/C25H23BrN2O2/c1-15-20(26)11-12-21-24(15)18(25(29)28-21)13-23-19(14-27-16-7-3-2-4-8-16)17-9-5-6-10-22(17)30-23/h2-4,7-8,11-13,27H,5-6,9-10,14H2,1H3,(H,28,29). The molecule has 152 valence electrons. The molecule has 2 N–H and O–H groups in total. The fraction of sp³-hybridized carbons (Fsp3) is 0.240. The molecule has 0 spiro atoms. The molecule has 0 saturated heterocycles. The number of halogens is 1. The third kappa shape index (κ3) is 3.37. The number of nitrogens with one attached hydrogen (secondary N) is 2. The number of hydrogen-bond acceptors (Lipinski definition) is 3. The summed E-state index contributed by atoms with van der Waals surface area (Å²) < 4.78 is 7.31. The molecule has 4 nitrogen and oxygen atoms in total. The van der Waals surface area contributed by atoms with Crippen LogP contribution in [-0.2, 0) is 24.2 Å².